The number of benzene rings is 1. The van der Waals surface area contributed by atoms with Gasteiger partial charge in [-0.1, -0.05) is 6.07 Å². The highest BCUT2D eigenvalue weighted by Crippen LogP contribution is 2.34. The molecule has 0 saturated heterocycles. The third-order valence-electron chi connectivity index (χ3n) is 3.28. The molecule has 7 nitrogen and oxygen atoms in total. The molecule has 0 aliphatic heterocycles. The summed E-state index contributed by atoms with van der Waals surface area (Å²) in [5.41, 5.74) is -0.172. The van der Waals surface area contributed by atoms with Crippen LogP contribution in [0.5, 0.6) is 5.75 Å². The van der Waals surface area contributed by atoms with Crippen molar-refractivity contribution >= 4 is 16.9 Å². The number of fused-ring (bicyclic) bond motifs is 1. The highest BCUT2D eigenvalue weighted by molar-refractivity contribution is 5.83. The van der Waals surface area contributed by atoms with Crippen LogP contribution in [0.15, 0.2) is 36.9 Å². The van der Waals surface area contributed by atoms with Gasteiger partial charge < -0.3 is 14.6 Å². The van der Waals surface area contributed by atoms with Crippen molar-refractivity contribution in [3.05, 3.63) is 48.6 Å². The fourth-order valence-corrected chi connectivity index (χ4v) is 2.07. The van der Waals surface area contributed by atoms with Crippen LogP contribution >= 0.6 is 0 Å². The molecule has 29 heavy (non-hydrogen) atoms. The fourth-order valence-electron chi connectivity index (χ4n) is 2.07. The molecule has 0 aliphatic carbocycles. The Bertz CT molecular complexity index is 1010. The molecule has 154 valence electrons. The van der Waals surface area contributed by atoms with Crippen molar-refractivity contribution in [1.29, 1.82) is 0 Å². The second-order valence-corrected chi connectivity index (χ2v) is 5.21. The Kier molecular flexibility index (Phi) is 6.93. The van der Waals surface area contributed by atoms with Crippen LogP contribution in [-0.4, -0.2) is 46.1 Å². The molecule has 0 unspecified atom stereocenters. The summed E-state index contributed by atoms with van der Waals surface area (Å²) in [6, 6.07) is 4.19. The number of carbonyl (C=O) groups is 1. The summed E-state index contributed by atoms with van der Waals surface area (Å²) < 4.78 is 70.6. The zero-order chi connectivity index (χ0) is 21.6. The minimum Gasteiger partial charge on any atom is -0.475 e. The number of alkyl halides is 3. The van der Waals surface area contributed by atoms with Gasteiger partial charge in [-0.2, -0.15) is 13.2 Å². The molecule has 0 saturated carbocycles. The van der Waals surface area contributed by atoms with E-state index in [1.165, 1.54) is 44.0 Å². The average molecular weight is 417 g/mol. The monoisotopic (exact) mass is 417 g/mol. The van der Waals surface area contributed by atoms with E-state index in [1.807, 2.05) is 0 Å². The van der Waals surface area contributed by atoms with Crippen LogP contribution in [0.2, 0.25) is 0 Å². The Morgan fingerprint density at radius 3 is 2.48 bits per heavy atom. The molecule has 0 radical (unpaired) electrons. The van der Waals surface area contributed by atoms with Gasteiger partial charge >= 0.3 is 12.1 Å². The largest absolute Gasteiger partial charge is 0.490 e. The van der Waals surface area contributed by atoms with Crippen LogP contribution in [0.25, 0.3) is 22.2 Å². The van der Waals surface area contributed by atoms with E-state index in [0.717, 1.165) is 0 Å². The van der Waals surface area contributed by atoms with Crippen LogP contribution in [0.1, 0.15) is 0 Å². The third-order valence-corrected chi connectivity index (χ3v) is 3.28. The average Bonchev–Trinajstić information content (AvgIpc) is 2.67. The lowest BCUT2D eigenvalue weighted by molar-refractivity contribution is -0.192. The first-order valence-corrected chi connectivity index (χ1v) is 7.61. The number of carboxylic acid groups (broad SMARTS) is 1. The van der Waals surface area contributed by atoms with E-state index in [-0.39, 0.29) is 29.3 Å². The van der Waals surface area contributed by atoms with Gasteiger partial charge in [0.2, 0.25) is 0 Å². The first-order chi connectivity index (χ1) is 13.7. The molecule has 2 aromatic heterocycles. The Balaban J connectivity index is 0.000000370. The number of nitrogens with zero attached hydrogens (tertiary/aromatic N) is 3. The maximum Gasteiger partial charge on any atom is 0.490 e. The predicted molar refractivity (Wildman–Crippen MR) is 88.9 cm³/mol. The Labute approximate surface area is 159 Å². The number of hydrogen-bond donors (Lipinski definition) is 1. The number of aliphatic carboxylic acids is 1. The van der Waals surface area contributed by atoms with Crippen LogP contribution in [0, 0.1) is 11.6 Å². The van der Waals surface area contributed by atoms with Gasteiger partial charge in [0.15, 0.2) is 12.6 Å². The van der Waals surface area contributed by atoms with Crippen LogP contribution in [0.3, 0.4) is 0 Å². The molecule has 0 fully saturated rings. The first kappa shape index (κ1) is 21.9. The van der Waals surface area contributed by atoms with Gasteiger partial charge in [-0.3, -0.25) is 4.98 Å². The van der Waals surface area contributed by atoms with Gasteiger partial charge in [-0.25, -0.2) is 23.5 Å². The highest BCUT2D eigenvalue weighted by Gasteiger charge is 2.38. The third kappa shape index (κ3) is 5.31. The van der Waals surface area contributed by atoms with E-state index in [2.05, 4.69) is 15.0 Å². The lowest BCUT2D eigenvalue weighted by atomic mass is 10.1. The molecule has 3 rings (SSSR count). The lowest BCUT2D eigenvalue weighted by Crippen LogP contribution is -2.21. The first-order valence-electron chi connectivity index (χ1n) is 7.61. The molecule has 0 aliphatic rings. The van der Waals surface area contributed by atoms with Gasteiger partial charge in [-0.05, 0) is 12.1 Å². The fraction of sp³-hybridized carbons (Fsp3) is 0.176. The molecule has 0 bridgehead atoms. The predicted octanol–water partition coefficient (Wildman–Crippen LogP) is 3.59. The summed E-state index contributed by atoms with van der Waals surface area (Å²) in [5, 5.41) is 7.56. The minimum absolute atomic E-state index is 0.0703. The molecule has 0 spiro atoms. The van der Waals surface area contributed by atoms with Crippen molar-refractivity contribution in [2.45, 2.75) is 6.18 Å². The smallest absolute Gasteiger partial charge is 0.475 e. The zero-order valence-corrected chi connectivity index (χ0v) is 14.6. The zero-order valence-electron chi connectivity index (χ0n) is 14.6. The number of halogens is 5. The van der Waals surface area contributed by atoms with E-state index < -0.39 is 23.8 Å². The standard InChI is InChI=1S/C15H11F2N3O2.C2HF3O2/c1-21-8-22-11-4-2-3-10(16)12(11)15-13(17)14-9(6-19-15)5-18-7-20-14;3-2(4,5)1(6)7/h2-7H,8H2,1H3;(H,6,7). The van der Waals surface area contributed by atoms with Gasteiger partial charge in [0.05, 0.1) is 5.56 Å². The van der Waals surface area contributed by atoms with E-state index in [0.29, 0.717) is 5.39 Å². The topological polar surface area (TPSA) is 94.4 Å². The second-order valence-electron chi connectivity index (χ2n) is 5.21. The van der Waals surface area contributed by atoms with Crippen molar-refractivity contribution in [2.75, 3.05) is 13.9 Å². The lowest BCUT2D eigenvalue weighted by Gasteiger charge is -2.12. The van der Waals surface area contributed by atoms with Crippen molar-refractivity contribution in [3.8, 4) is 17.0 Å². The van der Waals surface area contributed by atoms with E-state index in [1.54, 1.807) is 0 Å². The van der Waals surface area contributed by atoms with Crippen molar-refractivity contribution in [2.24, 2.45) is 0 Å². The van der Waals surface area contributed by atoms with Gasteiger partial charge in [0.1, 0.15) is 29.1 Å². The summed E-state index contributed by atoms with van der Waals surface area (Å²) in [6.45, 7) is -0.0895. The van der Waals surface area contributed by atoms with Crippen molar-refractivity contribution in [1.82, 2.24) is 15.0 Å². The minimum atomic E-state index is -5.08. The number of ether oxygens (including phenoxy) is 2. The quantitative estimate of drug-likeness (QED) is 0.512. The van der Waals surface area contributed by atoms with Crippen molar-refractivity contribution < 1.29 is 41.3 Å². The molecular weight excluding hydrogens is 405 g/mol. The van der Waals surface area contributed by atoms with E-state index in [9.17, 15) is 22.0 Å². The molecule has 1 aromatic carbocycles. The molecule has 12 heteroatoms. The second kappa shape index (κ2) is 9.19. The Morgan fingerprint density at radius 1 is 1.17 bits per heavy atom. The summed E-state index contributed by atoms with van der Waals surface area (Å²) >= 11 is 0. The number of carboxylic acids is 1. The van der Waals surface area contributed by atoms with Crippen molar-refractivity contribution in [3.63, 3.8) is 0 Å². The Hall–Kier alpha value is -3.41. The van der Waals surface area contributed by atoms with Gasteiger partial charge in [0, 0.05) is 24.9 Å². The van der Waals surface area contributed by atoms with Crippen LogP contribution < -0.4 is 4.74 Å². The summed E-state index contributed by atoms with van der Waals surface area (Å²) in [4.78, 5) is 20.6. The number of aromatic nitrogens is 3. The number of hydrogen-bond acceptors (Lipinski definition) is 6. The normalized spacial score (nSPS) is 11.0. The number of methoxy groups -OCH3 is 1. The molecule has 2 heterocycles. The maximum absolute atomic E-state index is 14.6. The molecular formula is C17H12F5N3O4. The molecule has 0 amide bonds. The number of pyridine rings is 1. The van der Waals surface area contributed by atoms with Gasteiger partial charge in [-0.15, -0.1) is 0 Å². The van der Waals surface area contributed by atoms with E-state index in [4.69, 9.17) is 19.4 Å². The molecule has 3 aromatic rings. The summed E-state index contributed by atoms with van der Waals surface area (Å²) in [7, 11) is 1.44. The van der Waals surface area contributed by atoms with Crippen LogP contribution in [0.4, 0.5) is 22.0 Å². The SMILES string of the molecule is COCOc1cccc(F)c1-c1ncc2cncnc2c1F.O=C(O)C(F)(F)F. The van der Waals surface area contributed by atoms with E-state index >= 15 is 0 Å². The maximum atomic E-state index is 14.6. The Morgan fingerprint density at radius 2 is 1.86 bits per heavy atom. The van der Waals surface area contributed by atoms with Gasteiger partial charge in [0.25, 0.3) is 0 Å². The molecule has 1 N–H and O–H groups in total. The number of rotatable bonds is 4. The highest BCUT2D eigenvalue weighted by atomic mass is 19.4. The summed E-state index contributed by atoms with van der Waals surface area (Å²) in [5.74, 6) is -3.99. The summed E-state index contributed by atoms with van der Waals surface area (Å²) in [6.07, 6.45) is -1.04. The van der Waals surface area contributed by atoms with Crippen LogP contribution in [-0.2, 0) is 9.53 Å². The molecule has 0 atom stereocenters.